The molecule has 19 heavy (non-hydrogen) atoms. The monoisotopic (exact) mass is 261 g/mol. The number of benzene rings is 1. The molecule has 0 aliphatic rings. The van der Waals surface area contributed by atoms with Crippen molar-refractivity contribution in [2.24, 2.45) is 0 Å². The van der Waals surface area contributed by atoms with Crippen LogP contribution in [0.25, 0.3) is 0 Å². The highest BCUT2D eigenvalue weighted by atomic mass is 19.1. The Hall–Kier alpha value is -1.61. The molecule has 0 saturated heterocycles. The first-order chi connectivity index (χ1) is 9.11. The zero-order valence-corrected chi connectivity index (χ0v) is 11.7. The second-order valence-corrected chi connectivity index (χ2v) is 4.84. The van der Waals surface area contributed by atoms with Gasteiger partial charge in [0.2, 0.25) is 0 Å². The van der Waals surface area contributed by atoms with Gasteiger partial charge in [-0.05, 0) is 62.2 Å². The van der Waals surface area contributed by atoms with Crippen molar-refractivity contribution in [2.75, 3.05) is 6.54 Å². The predicted octanol–water partition coefficient (Wildman–Crippen LogP) is 4.12. The molecule has 1 atom stereocenters. The van der Waals surface area contributed by atoms with Crippen LogP contribution in [0.4, 0.5) is 4.39 Å². The third-order valence-electron chi connectivity index (χ3n) is 3.19. The molecule has 0 aliphatic carbocycles. The Morgan fingerprint density at radius 3 is 2.58 bits per heavy atom. The Balaban J connectivity index is 2.36. The predicted molar refractivity (Wildman–Crippen MR) is 74.7 cm³/mol. The lowest BCUT2D eigenvalue weighted by molar-refractivity contribution is 0.429. The fourth-order valence-corrected chi connectivity index (χ4v) is 2.22. The van der Waals surface area contributed by atoms with Crippen LogP contribution < -0.4 is 5.32 Å². The largest absolute Gasteiger partial charge is 0.464 e. The van der Waals surface area contributed by atoms with Crippen molar-refractivity contribution in [3.05, 3.63) is 58.8 Å². The smallest absolute Gasteiger partial charge is 0.125 e. The van der Waals surface area contributed by atoms with Crippen LogP contribution in [-0.2, 0) is 0 Å². The Morgan fingerprint density at radius 2 is 2.00 bits per heavy atom. The summed E-state index contributed by atoms with van der Waals surface area (Å²) in [5.41, 5.74) is 1.99. The van der Waals surface area contributed by atoms with Crippen molar-refractivity contribution < 1.29 is 8.81 Å². The lowest BCUT2D eigenvalue weighted by Crippen LogP contribution is -2.23. The van der Waals surface area contributed by atoms with Gasteiger partial charge in [0.05, 0.1) is 6.04 Å². The number of hydrogen-bond acceptors (Lipinski definition) is 2. The van der Waals surface area contributed by atoms with Crippen LogP contribution in [0.5, 0.6) is 0 Å². The first-order valence-electron chi connectivity index (χ1n) is 6.67. The van der Waals surface area contributed by atoms with E-state index in [1.165, 1.54) is 6.07 Å². The topological polar surface area (TPSA) is 25.2 Å². The number of nitrogens with one attached hydrogen (secondary N) is 1. The third kappa shape index (κ3) is 3.24. The molecule has 2 rings (SSSR count). The molecular formula is C16H20FNO. The van der Waals surface area contributed by atoms with Crippen LogP contribution in [0.2, 0.25) is 0 Å². The van der Waals surface area contributed by atoms with E-state index >= 15 is 0 Å². The van der Waals surface area contributed by atoms with E-state index in [-0.39, 0.29) is 11.9 Å². The van der Waals surface area contributed by atoms with Crippen LogP contribution in [0.3, 0.4) is 0 Å². The molecule has 0 radical (unpaired) electrons. The van der Waals surface area contributed by atoms with Crippen LogP contribution in [0.15, 0.2) is 34.7 Å². The van der Waals surface area contributed by atoms with Crippen molar-refractivity contribution in [1.82, 2.24) is 5.32 Å². The maximum atomic E-state index is 13.2. The van der Waals surface area contributed by atoms with Crippen LogP contribution in [-0.4, -0.2) is 6.54 Å². The van der Waals surface area contributed by atoms with Gasteiger partial charge in [-0.15, -0.1) is 0 Å². The van der Waals surface area contributed by atoms with Crippen molar-refractivity contribution in [2.45, 2.75) is 33.2 Å². The minimum absolute atomic E-state index is 0.0192. The van der Waals surface area contributed by atoms with Gasteiger partial charge < -0.3 is 9.73 Å². The molecule has 1 aromatic heterocycles. The molecule has 0 bridgehead atoms. The number of halogens is 1. The summed E-state index contributed by atoms with van der Waals surface area (Å²) in [5, 5.41) is 3.46. The molecule has 2 nitrogen and oxygen atoms in total. The minimum atomic E-state index is -0.203. The SMILES string of the molecule is CCCNC(c1ccc(C)o1)c1ccc(F)cc1C. The molecule has 0 saturated carbocycles. The molecule has 1 N–H and O–H groups in total. The molecule has 1 heterocycles. The maximum Gasteiger partial charge on any atom is 0.125 e. The summed E-state index contributed by atoms with van der Waals surface area (Å²) in [4.78, 5) is 0. The van der Waals surface area contributed by atoms with Crippen LogP contribution in [0, 0.1) is 19.7 Å². The van der Waals surface area contributed by atoms with Gasteiger partial charge in [0, 0.05) is 0 Å². The van der Waals surface area contributed by atoms with Crippen molar-refractivity contribution >= 4 is 0 Å². The van der Waals surface area contributed by atoms with Gasteiger partial charge in [-0.3, -0.25) is 0 Å². The van der Waals surface area contributed by atoms with Gasteiger partial charge in [0.25, 0.3) is 0 Å². The average Bonchev–Trinajstić information content (AvgIpc) is 2.78. The number of rotatable bonds is 5. The molecule has 0 fully saturated rings. The van der Waals surface area contributed by atoms with Gasteiger partial charge in [-0.2, -0.15) is 0 Å². The van der Waals surface area contributed by atoms with Crippen molar-refractivity contribution in [3.8, 4) is 0 Å². The van der Waals surface area contributed by atoms with Gasteiger partial charge >= 0.3 is 0 Å². The molecule has 2 aromatic rings. The molecule has 0 aliphatic heterocycles. The second kappa shape index (κ2) is 6.02. The summed E-state index contributed by atoms with van der Waals surface area (Å²) in [5.74, 6) is 1.56. The Morgan fingerprint density at radius 1 is 1.21 bits per heavy atom. The van der Waals surface area contributed by atoms with E-state index in [4.69, 9.17) is 4.42 Å². The molecule has 102 valence electrons. The van der Waals surface area contributed by atoms with Crippen LogP contribution >= 0.6 is 0 Å². The Labute approximate surface area is 113 Å². The molecular weight excluding hydrogens is 241 g/mol. The van der Waals surface area contributed by atoms with E-state index in [0.717, 1.165) is 35.6 Å². The van der Waals surface area contributed by atoms with Gasteiger partial charge in [0.1, 0.15) is 17.3 Å². The van der Waals surface area contributed by atoms with Crippen molar-refractivity contribution in [1.29, 1.82) is 0 Å². The quantitative estimate of drug-likeness (QED) is 0.875. The summed E-state index contributed by atoms with van der Waals surface area (Å²) in [6.45, 7) is 6.86. The average molecular weight is 261 g/mol. The standard InChI is InChI=1S/C16H20FNO/c1-4-9-18-16(15-8-5-12(3)19-15)14-7-6-13(17)10-11(14)2/h5-8,10,16,18H,4,9H2,1-3H3. The van der Waals surface area contributed by atoms with Gasteiger partial charge in [0.15, 0.2) is 0 Å². The molecule has 0 spiro atoms. The summed E-state index contributed by atoms with van der Waals surface area (Å²) in [7, 11) is 0. The van der Waals surface area contributed by atoms with E-state index in [2.05, 4.69) is 12.2 Å². The second-order valence-electron chi connectivity index (χ2n) is 4.84. The third-order valence-corrected chi connectivity index (χ3v) is 3.19. The normalized spacial score (nSPS) is 12.6. The lowest BCUT2D eigenvalue weighted by atomic mass is 9.99. The first-order valence-corrected chi connectivity index (χ1v) is 6.67. The van der Waals surface area contributed by atoms with E-state index in [9.17, 15) is 4.39 Å². The summed E-state index contributed by atoms with van der Waals surface area (Å²) in [6.07, 6.45) is 1.04. The van der Waals surface area contributed by atoms with Crippen LogP contribution in [0.1, 0.15) is 42.0 Å². The minimum Gasteiger partial charge on any atom is -0.464 e. The van der Waals surface area contributed by atoms with E-state index in [0.29, 0.717) is 0 Å². The number of aryl methyl sites for hydroxylation is 2. The maximum absolute atomic E-state index is 13.2. The fourth-order valence-electron chi connectivity index (χ4n) is 2.22. The van der Waals surface area contributed by atoms with E-state index < -0.39 is 0 Å². The van der Waals surface area contributed by atoms with E-state index in [1.807, 2.05) is 32.0 Å². The summed E-state index contributed by atoms with van der Waals surface area (Å²) >= 11 is 0. The highest BCUT2D eigenvalue weighted by molar-refractivity contribution is 5.34. The van der Waals surface area contributed by atoms with Gasteiger partial charge in [-0.25, -0.2) is 4.39 Å². The summed E-state index contributed by atoms with van der Waals surface area (Å²) in [6, 6.07) is 8.80. The highest BCUT2D eigenvalue weighted by Gasteiger charge is 2.18. The first kappa shape index (κ1) is 13.8. The Bertz CT molecular complexity index is 547. The Kier molecular flexibility index (Phi) is 4.38. The molecule has 1 unspecified atom stereocenters. The zero-order valence-electron chi connectivity index (χ0n) is 11.7. The lowest BCUT2D eigenvalue weighted by Gasteiger charge is -2.19. The highest BCUT2D eigenvalue weighted by Crippen LogP contribution is 2.26. The number of hydrogen-bond donors (Lipinski definition) is 1. The zero-order chi connectivity index (χ0) is 13.8. The molecule has 1 aromatic carbocycles. The number of furan rings is 1. The van der Waals surface area contributed by atoms with E-state index in [1.54, 1.807) is 6.07 Å². The molecule has 0 amide bonds. The summed E-state index contributed by atoms with van der Waals surface area (Å²) < 4.78 is 19.0. The fraction of sp³-hybridized carbons (Fsp3) is 0.375. The van der Waals surface area contributed by atoms with Gasteiger partial charge in [-0.1, -0.05) is 13.0 Å². The molecule has 3 heteroatoms. The van der Waals surface area contributed by atoms with Crippen molar-refractivity contribution in [3.63, 3.8) is 0 Å².